The second-order valence-electron chi connectivity index (χ2n) is 5.79. The smallest absolute Gasteiger partial charge is 0.128 e. The summed E-state index contributed by atoms with van der Waals surface area (Å²) in [6, 6.07) is 24.4. The van der Waals surface area contributed by atoms with E-state index in [1.54, 1.807) is 6.20 Å². The summed E-state index contributed by atoms with van der Waals surface area (Å²) in [7, 11) is 0. The summed E-state index contributed by atoms with van der Waals surface area (Å²) in [5, 5.41) is 6.80. The lowest BCUT2D eigenvalue weighted by Crippen LogP contribution is -2.12. The molecule has 0 aliphatic carbocycles. The minimum Gasteiger partial charge on any atom is -0.492 e. The molecule has 0 unspecified atom stereocenters. The molecule has 3 rings (SSSR count). The lowest BCUT2D eigenvalue weighted by atomic mass is 10.1. The van der Waals surface area contributed by atoms with Gasteiger partial charge < -0.3 is 15.4 Å². The maximum atomic E-state index is 5.69. The first kappa shape index (κ1) is 16.8. The van der Waals surface area contributed by atoms with Gasteiger partial charge in [-0.3, -0.25) is 0 Å². The van der Waals surface area contributed by atoms with Crippen LogP contribution in [0.2, 0.25) is 0 Å². The number of nitrogens with zero attached hydrogens (tertiary/aromatic N) is 1. The molecule has 1 aromatic heterocycles. The minimum absolute atomic E-state index is 0.199. The molecule has 0 aliphatic heterocycles. The molecule has 1 heterocycles. The molecular weight excluding hydrogens is 310 g/mol. The highest BCUT2D eigenvalue weighted by Crippen LogP contribution is 2.19. The van der Waals surface area contributed by atoms with Crippen LogP contribution in [0.25, 0.3) is 0 Å². The number of benzene rings is 2. The van der Waals surface area contributed by atoms with E-state index in [1.165, 1.54) is 5.56 Å². The van der Waals surface area contributed by atoms with Gasteiger partial charge >= 0.3 is 0 Å². The third kappa shape index (κ3) is 5.24. The van der Waals surface area contributed by atoms with Gasteiger partial charge in [-0.2, -0.15) is 0 Å². The molecule has 0 bridgehead atoms. The Kier molecular flexibility index (Phi) is 5.88. The van der Waals surface area contributed by atoms with E-state index in [9.17, 15) is 0 Å². The largest absolute Gasteiger partial charge is 0.492 e. The third-order valence-corrected chi connectivity index (χ3v) is 3.87. The van der Waals surface area contributed by atoms with E-state index in [0.29, 0.717) is 6.61 Å². The van der Waals surface area contributed by atoms with Gasteiger partial charge in [-0.25, -0.2) is 4.98 Å². The molecule has 4 heteroatoms. The highest BCUT2D eigenvalue weighted by atomic mass is 16.5. The van der Waals surface area contributed by atoms with Crippen LogP contribution < -0.4 is 15.4 Å². The second kappa shape index (κ2) is 8.73. The van der Waals surface area contributed by atoms with Crippen LogP contribution in [0.15, 0.2) is 79.0 Å². The maximum Gasteiger partial charge on any atom is 0.128 e. The van der Waals surface area contributed by atoms with E-state index >= 15 is 0 Å². The summed E-state index contributed by atoms with van der Waals surface area (Å²) < 4.78 is 5.69. The molecule has 4 nitrogen and oxygen atoms in total. The zero-order chi connectivity index (χ0) is 17.3. The van der Waals surface area contributed by atoms with Crippen LogP contribution in [0.4, 0.5) is 11.5 Å². The van der Waals surface area contributed by atoms with Gasteiger partial charge in [0.1, 0.15) is 18.2 Å². The first-order valence-electron chi connectivity index (χ1n) is 8.50. The number of rotatable bonds is 8. The van der Waals surface area contributed by atoms with Gasteiger partial charge in [-0.05, 0) is 30.7 Å². The number of anilines is 2. The summed E-state index contributed by atoms with van der Waals surface area (Å²) >= 11 is 0. The fourth-order valence-electron chi connectivity index (χ4n) is 2.55. The van der Waals surface area contributed by atoms with E-state index in [0.717, 1.165) is 23.8 Å². The maximum absolute atomic E-state index is 5.69. The summed E-state index contributed by atoms with van der Waals surface area (Å²) in [5.74, 6) is 1.74. The van der Waals surface area contributed by atoms with Crippen LogP contribution >= 0.6 is 0 Å². The third-order valence-electron chi connectivity index (χ3n) is 3.87. The van der Waals surface area contributed by atoms with Crippen molar-refractivity contribution in [3.8, 4) is 5.75 Å². The predicted octanol–water partition coefficient (Wildman–Crippen LogP) is 4.75. The summed E-state index contributed by atoms with van der Waals surface area (Å²) in [5.41, 5.74) is 2.26. The van der Waals surface area contributed by atoms with Crippen molar-refractivity contribution < 1.29 is 4.74 Å². The molecule has 1 atom stereocenters. The molecule has 2 N–H and O–H groups in total. The molecule has 0 amide bonds. The fourth-order valence-corrected chi connectivity index (χ4v) is 2.55. The van der Waals surface area contributed by atoms with E-state index in [2.05, 4.69) is 34.7 Å². The Balaban J connectivity index is 1.49. The average Bonchev–Trinajstić information content (AvgIpc) is 2.67. The van der Waals surface area contributed by atoms with Crippen molar-refractivity contribution in [2.24, 2.45) is 0 Å². The number of ether oxygens (including phenoxy) is 1. The Labute approximate surface area is 148 Å². The Morgan fingerprint density at radius 1 is 0.960 bits per heavy atom. The number of hydrogen-bond donors (Lipinski definition) is 2. The van der Waals surface area contributed by atoms with Crippen LogP contribution in [0.5, 0.6) is 5.75 Å². The number of para-hydroxylation sites is 1. The molecule has 0 radical (unpaired) electrons. The lowest BCUT2D eigenvalue weighted by Gasteiger charge is -2.16. The van der Waals surface area contributed by atoms with E-state index in [1.807, 2.05) is 60.7 Å². The Hall–Kier alpha value is -3.01. The van der Waals surface area contributed by atoms with Crippen molar-refractivity contribution in [2.75, 3.05) is 23.8 Å². The number of hydrogen-bond acceptors (Lipinski definition) is 4. The summed E-state index contributed by atoms with van der Waals surface area (Å²) in [6.07, 6.45) is 1.81. The molecule has 0 aliphatic rings. The van der Waals surface area contributed by atoms with Crippen LogP contribution in [0, 0.1) is 0 Å². The molecule has 0 spiro atoms. The number of nitrogens with one attached hydrogen (secondary N) is 2. The zero-order valence-corrected chi connectivity index (χ0v) is 14.4. The molecule has 0 saturated carbocycles. The highest BCUT2D eigenvalue weighted by molar-refractivity contribution is 5.52. The van der Waals surface area contributed by atoms with Gasteiger partial charge in [-0.1, -0.05) is 48.5 Å². The van der Waals surface area contributed by atoms with Crippen molar-refractivity contribution in [1.29, 1.82) is 0 Å². The van der Waals surface area contributed by atoms with E-state index in [-0.39, 0.29) is 6.04 Å². The SMILES string of the molecule is C[C@H](Nc1cc(NCCOc2ccccc2)ccn1)c1ccccc1. The van der Waals surface area contributed by atoms with Crippen LogP contribution in [-0.4, -0.2) is 18.1 Å². The van der Waals surface area contributed by atoms with Gasteiger partial charge in [0.05, 0.1) is 0 Å². The average molecular weight is 333 g/mol. The second-order valence-corrected chi connectivity index (χ2v) is 5.79. The van der Waals surface area contributed by atoms with Gasteiger partial charge in [0.15, 0.2) is 0 Å². The zero-order valence-electron chi connectivity index (χ0n) is 14.4. The molecular formula is C21H23N3O. The van der Waals surface area contributed by atoms with Gasteiger partial charge in [-0.15, -0.1) is 0 Å². The topological polar surface area (TPSA) is 46.2 Å². The first-order valence-corrected chi connectivity index (χ1v) is 8.50. The lowest BCUT2D eigenvalue weighted by molar-refractivity contribution is 0.333. The van der Waals surface area contributed by atoms with Crippen LogP contribution in [0.1, 0.15) is 18.5 Å². The number of pyridine rings is 1. The van der Waals surface area contributed by atoms with Crippen LogP contribution in [0.3, 0.4) is 0 Å². The highest BCUT2D eigenvalue weighted by Gasteiger charge is 2.05. The molecule has 3 aromatic rings. The standard InChI is InChI=1S/C21H23N3O/c1-17(18-8-4-2-5-9-18)24-21-16-19(12-13-23-21)22-14-15-25-20-10-6-3-7-11-20/h2-13,16-17H,14-15H2,1H3,(H2,22,23,24)/t17-/m0/s1. The van der Waals surface area contributed by atoms with Gasteiger partial charge in [0.2, 0.25) is 0 Å². The van der Waals surface area contributed by atoms with Crippen molar-refractivity contribution in [2.45, 2.75) is 13.0 Å². The molecule has 25 heavy (non-hydrogen) atoms. The van der Waals surface area contributed by atoms with Gasteiger partial charge in [0.25, 0.3) is 0 Å². The first-order chi connectivity index (χ1) is 12.3. The quantitative estimate of drug-likeness (QED) is 0.584. The van der Waals surface area contributed by atoms with Gasteiger partial charge in [0, 0.05) is 30.5 Å². The fraction of sp³-hybridized carbons (Fsp3) is 0.190. The normalized spacial score (nSPS) is 11.6. The Morgan fingerprint density at radius 2 is 1.68 bits per heavy atom. The Bertz CT molecular complexity index is 762. The number of aromatic nitrogens is 1. The molecule has 0 saturated heterocycles. The summed E-state index contributed by atoms with van der Waals surface area (Å²) in [4.78, 5) is 4.40. The minimum atomic E-state index is 0.199. The summed E-state index contributed by atoms with van der Waals surface area (Å²) in [6.45, 7) is 3.47. The molecule has 0 fully saturated rings. The molecule has 128 valence electrons. The molecule has 2 aromatic carbocycles. The van der Waals surface area contributed by atoms with Crippen molar-refractivity contribution >= 4 is 11.5 Å². The monoisotopic (exact) mass is 333 g/mol. The van der Waals surface area contributed by atoms with Crippen molar-refractivity contribution in [3.63, 3.8) is 0 Å². The Morgan fingerprint density at radius 3 is 2.44 bits per heavy atom. The van der Waals surface area contributed by atoms with E-state index < -0.39 is 0 Å². The predicted molar refractivity (Wildman–Crippen MR) is 103 cm³/mol. The van der Waals surface area contributed by atoms with E-state index in [4.69, 9.17) is 4.74 Å². The van der Waals surface area contributed by atoms with Crippen molar-refractivity contribution in [1.82, 2.24) is 4.98 Å². The van der Waals surface area contributed by atoms with Crippen molar-refractivity contribution in [3.05, 3.63) is 84.6 Å². The van der Waals surface area contributed by atoms with Crippen LogP contribution in [-0.2, 0) is 0 Å².